The van der Waals surface area contributed by atoms with Crippen molar-refractivity contribution in [3.8, 4) is 5.75 Å². The number of nitrogens with one attached hydrogen (secondary N) is 1. The predicted octanol–water partition coefficient (Wildman–Crippen LogP) is 3.68. The van der Waals surface area contributed by atoms with Gasteiger partial charge in [0, 0.05) is 25.4 Å². The number of hydrogen-bond acceptors (Lipinski definition) is 4. The molecule has 1 N–H and O–H groups in total. The van der Waals surface area contributed by atoms with Crippen molar-refractivity contribution in [1.29, 1.82) is 0 Å². The van der Waals surface area contributed by atoms with Crippen LogP contribution < -0.4 is 10.1 Å². The van der Waals surface area contributed by atoms with Crippen LogP contribution in [0.4, 0.5) is 0 Å². The van der Waals surface area contributed by atoms with Crippen LogP contribution in [0.15, 0.2) is 71.4 Å². The Hall–Kier alpha value is -3.54. The first-order valence-electron chi connectivity index (χ1n) is 8.63. The van der Waals surface area contributed by atoms with E-state index in [0.717, 1.165) is 22.1 Å². The number of hydrogen-bond donors (Lipinski definition) is 1. The van der Waals surface area contributed by atoms with E-state index in [1.165, 1.54) is 0 Å². The van der Waals surface area contributed by atoms with Crippen molar-refractivity contribution in [2.24, 2.45) is 7.05 Å². The molecule has 0 unspecified atom stereocenters. The molecule has 4 rings (SSSR count). The number of furan rings is 1. The molecule has 0 atom stereocenters. The molecule has 0 radical (unpaired) electrons. The van der Waals surface area contributed by atoms with Crippen LogP contribution in [0.3, 0.4) is 0 Å². The number of aryl methyl sites for hydroxylation is 1. The third-order valence-corrected chi connectivity index (χ3v) is 4.20. The molecule has 4 aromatic rings. The van der Waals surface area contributed by atoms with Crippen molar-refractivity contribution >= 4 is 16.7 Å². The molecule has 27 heavy (non-hydrogen) atoms. The van der Waals surface area contributed by atoms with E-state index < -0.39 is 0 Å². The van der Waals surface area contributed by atoms with Crippen LogP contribution in [0.1, 0.15) is 21.9 Å². The molecule has 136 valence electrons. The lowest BCUT2D eigenvalue weighted by molar-refractivity contribution is 0.0919. The Bertz CT molecular complexity index is 1080. The predicted molar refractivity (Wildman–Crippen MR) is 101 cm³/mol. The number of carbonyl (C=O) groups is 1. The van der Waals surface area contributed by atoms with Gasteiger partial charge in [-0.15, -0.1) is 0 Å². The quantitative estimate of drug-likeness (QED) is 0.569. The minimum absolute atomic E-state index is 0.258. The molecule has 0 saturated heterocycles. The first kappa shape index (κ1) is 16.9. The highest BCUT2D eigenvalue weighted by atomic mass is 16.5. The number of fused-ring (bicyclic) bond motifs is 1. The molecule has 0 saturated carbocycles. The Kier molecular flexibility index (Phi) is 4.61. The molecular formula is C21H19N3O3. The lowest BCUT2D eigenvalue weighted by Crippen LogP contribution is -2.22. The fourth-order valence-electron chi connectivity index (χ4n) is 2.82. The zero-order valence-electron chi connectivity index (χ0n) is 14.9. The van der Waals surface area contributed by atoms with Crippen LogP contribution in [0.5, 0.6) is 5.75 Å². The molecule has 0 aliphatic carbocycles. The van der Waals surface area contributed by atoms with Gasteiger partial charge in [0.05, 0.1) is 6.20 Å². The van der Waals surface area contributed by atoms with Gasteiger partial charge in [-0.1, -0.05) is 30.3 Å². The first-order valence-corrected chi connectivity index (χ1v) is 8.63. The Morgan fingerprint density at radius 1 is 1.15 bits per heavy atom. The second-order valence-electron chi connectivity index (χ2n) is 6.27. The smallest absolute Gasteiger partial charge is 0.287 e. The Morgan fingerprint density at radius 2 is 2.00 bits per heavy atom. The molecule has 0 aliphatic heterocycles. The minimum atomic E-state index is -0.268. The normalized spacial score (nSPS) is 10.9. The van der Waals surface area contributed by atoms with Crippen molar-refractivity contribution in [2.75, 3.05) is 0 Å². The SMILES string of the molecule is Cn1cc(CNC(=O)c2ccc(COc3ccc4ccccc4c3)o2)cn1. The Morgan fingerprint density at radius 3 is 2.81 bits per heavy atom. The molecule has 2 aromatic heterocycles. The van der Waals surface area contributed by atoms with Crippen LogP contribution in [-0.2, 0) is 20.2 Å². The number of benzene rings is 2. The highest BCUT2D eigenvalue weighted by Gasteiger charge is 2.12. The van der Waals surface area contributed by atoms with E-state index in [0.29, 0.717) is 12.3 Å². The van der Waals surface area contributed by atoms with E-state index in [9.17, 15) is 4.79 Å². The van der Waals surface area contributed by atoms with Crippen molar-refractivity contribution in [3.05, 3.63) is 84.1 Å². The van der Waals surface area contributed by atoms with E-state index in [1.54, 1.807) is 23.0 Å². The van der Waals surface area contributed by atoms with Gasteiger partial charge in [-0.25, -0.2) is 0 Å². The summed E-state index contributed by atoms with van der Waals surface area (Å²) in [5.41, 5.74) is 0.928. The van der Waals surface area contributed by atoms with E-state index in [1.807, 2.05) is 49.6 Å². The fourth-order valence-corrected chi connectivity index (χ4v) is 2.82. The van der Waals surface area contributed by atoms with Crippen molar-refractivity contribution in [3.63, 3.8) is 0 Å². The number of rotatable bonds is 6. The van der Waals surface area contributed by atoms with Crippen LogP contribution in [0.2, 0.25) is 0 Å². The lowest BCUT2D eigenvalue weighted by atomic mass is 10.1. The maximum Gasteiger partial charge on any atom is 0.287 e. The summed E-state index contributed by atoms with van der Waals surface area (Å²) < 4.78 is 13.1. The molecule has 2 heterocycles. The number of aromatic nitrogens is 2. The van der Waals surface area contributed by atoms with Crippen LogP contribution in [0.25, 0.3) is 10.8 Å². The summed E-state index contributed by atoms with van der Waals surface area (Å²) in [4.78, 5) is 12.2. The fraction of sp³-hybridized carbons (Fsp3) is 0.143. The standard InChI is InChI=1S/C21H19N3O3/c1-24-13-15(12-23-24)11-22-21(25)20-9-8-19(27-20)14-26-18-7-6-16-4-2-3-5-17(16)10-18/h2-10,12-13H,11,14H2,1H3,(H,22,25). The molecule has 0 bridgehead atoms. The lowest BCUT2D eigenvalue weighted by Gasteiger charge is -2.06. The van der Waals surface area contributed by atoms with Crippen molar-refractivity contribution < 1.29 is 13.9 Å². The van der Waals surface area contributed by atoms with Crippen molar-refractivity contribution in [1.82, 2.24) is 15.1 Å². The molecular weight excluding hydrogens is 342 g/mol. The minimum Gasteiger partial charge on any atom is -0.486 e. The second kappa shape index (κ2) is 7.37. The molecule has 0 aliphatic rings. The molecule has 6 heteroatoms. The summed E-state index contributed by atoms with van der Waals surface area (Å²) in [6.07, 6.45) is 3.57. The molecule has 0 fully saturated rings. The monoisotopic (exact) mass is 361 g/mol. The third kappa shape index (κ3) is 4.00. The summed E-state index contributed by atoms with van der Waals surface area (Å²) in [6.45, 7) is 0.657. The highest BCUT2D eigenvalue weighted by molar-refractivity contribution is 5.91. The van der Waals surface area contributed by atoms with Crippen LogP contribution >= 0.6 is 0 Å². The van der Waals surface area contributed by atoms with Gasteiger partial charge in [0.1, 0.15) is 18.1 Å². The number of carbonyl (C=O) groups excluding carboxylic acids is 1. The van der Waals surface area contributed by atoms with Gasteiger partial charge in [-0.3, -0.25) is 9.48 Å². The summed E-state index contributed by atoms with van der Waals surface area (Å²) in [5, 5.41) is 9.16. The van der Waals surface area contributed by atoms with E-state index in [-0.39, 0.29) is 18.3 Å². The molecule has 0 spiro atoms. The first-order chi connectivity index (χ1) is 13.2. The second-order valence-corrected chi connectivity index (χ2v) is 6.27. The van der Waals surface area contributed by atoms with Crippen LogP contribution in [0, 0.1) is 0 Å². The summed E-state index contributed by atoms with van der Waals surface area (Å²) in [6, 6.07) is 17.4. The van der Waals surface area contributed by atoms with Crippen molar-refractivity contribution in [2.45, 2.75) is 13.2 Å². The largest absolute Gasteiger partial charge is 0.486 e. The Labute approximate surface area is 156 Å². The average Bonchev–Trinajstić information content (AvgIpc) is 3.33. The Balaban J connectivity index is 1.34. The maximum absolute atomic E-state index is 12.2. The molecule has 6 nitrogen and oxygen atoms in total. The zero-order chi connectivity index (χ0) is 18.6. The van der Waals surface area contributed by atoms with Gasteiger partial charge in [0.15, 0.2) is 5.76 Å². The third-order valence-electron chi connectivity index (χ3n) is 4.20. The number of nitrogens with zero attached hydrogens (tertiary/aromatic N) is 2. The van der Waals surface area contributed by atoms with Gasteiger partial charge in [0.2, 0.25) is 0 Å². The number of ether oxygens (including phenoxy) is 1. The van der Waals surface area contributed by atoms with Crippen LogP contribution in [-0.4, -0.2) is 15.7 Å². The summed E-state index contributed by atoms with van der Waals surface area (Å²) in [5.74, 6) is 1.34. The number of amides is 1. The van der Waals surface area contributed by atoms with E-state index >= 15 is 0 Å². The topological polar surface area (TPSA) is 69.3 Å². The summed E-state index contributed by atoms with van der Waals surface area (Å²) in [7, 11) is 1.83. The maximum atomic E-state index is 12.2. The molecule has 1 amide bonds. The van der Waals surface area contributed by atoms with E-state index in [2.05, 4.69) is 16.5 Å². The van der Waals surface area contributed by atoms with Gasteiger partial charge in [-0.2, -0.15) is 5.10 Å². The van der Waals surface area contributed by atoms with E-state index in [4.69, 9.17) is 9.15 Å². The van der Waals surface area contributed by atoms with Gasteiger partial charge >= 0.3 is 0 Å². The van der Waals surface area contributed by atoms with Gasteiger partial charge in [-0.05, 0) is 35.0 Å². The summed E-state index contributed by atoms with van der Waals surface area (Å²) >= 11 is 0. The average molecular weight is 361 g/mol. The molecule has 2 aromatic carbocycles. The zero-order valence-corrected chi connectivity index (χ0v) is 14.9. The van der Waals surface area contributed by atoms with Gasteiger partial charge in [0.25, 0.3) is 5.91 Å². The highest BCUT2D eigenvalue weighted by Crippen LogP contribution is 2.21. The van der Waals surface area contributed by atoms with Gasteiger partial charge < -0.3 is 14.5 Å².